The fraction of sp³-hybridized carbons (Fsp3) is 0.737. The van der Waals surface area contributed by atoms with Crippen LogP contribution in [0.1, 0.15) is 69.5 Å². The zero-order valence-electron chi connectivity index (χ0n) is 13.9. The third kappa shape index (κ3) is 3.15. The first-order valence-electron chi connectivity index (χ1n) is 8.72. The molecule has 0 bridgehead atoms. The van der Waals surface area contributed by atoms with Gasteiger partial charge in [-0.1, -0.05) is 19.9 Å². The molecule has 0 aliphatic heterocycles. The number of hydrogen-bond donors (Lipinski definition) is 1. The zero-order valence-corrected chi connectivity index (χ0v) is 13.9. The van der Waals surface area contributed by atoms with Gasteiger partial charge in [-0.15, -0.1) is 0 Å². The summed E-state index contributed by atoms with van der Waals surface area (Å²) in [5.41, 5.74) is 3.43. The van der Waals surface area contributed by atoms with Crippen LogP contribution < -0.4 is 5.32 Å². The molecule has 0 radical (unpaired) electrons. The molecule has 2 heteroatoms. The molecule has 1 heterocycles. The maximum atomic E-state index is 4.75. The Balaban J connectivity index is 1.78. The lowest BCUT2D eigenvalue weighted by atomic mass is 9.67. The summed E-state index contributed by atoms with van der Waals surface area (Å²) >= 11 is 0. The number of pyridine rings is 1. The quantitative estimate of drug-likeness (QED) is 0.896. The lowest BCUT2D eigenvalue weighted by Crippen LogP contribution is -2.43. The van der Waals surface area contributed by atoms with Crippen molar-refractivity contribution in [3.05, 3.63) is 29.6 Å². The van der Waals surface area contributed by atoms with Crippen molar-refractivity contribution in [2.75, 3.05) is 7.05 Å². The van der Waals surface area contributed by atoms with Crippen molar-refractivity contribution in [3.63, 3.8) is 0 Å². The highest BCUT2D eigenvalue weighted by Gasteiger charge is 2.36. The van der Waals surface area contributed by atoms with Crippen LogP contribution in [0.3, 0.4) is 0 Å². The molecule has 1 N–H and O–H groups in total. The predicted octanol–water partition coefficient (Wildman–Crippen LogP) is 4.31. The number of hydrogen-bond acceptors (Lipinski definition) is 2. The van der Waals surface area contributed by atoms with Gasteiger partial charge in [-0.25, -0.2) is 0 Å². The minimum absolute atomic E-state index is 0.553. The molecule has 2 aliphatic carbocycles. The molecule has 1 aromatic rings. The number of nitrogens with zero attached hydrogens (tertiary/aromatic N) is 1. The summed E-state index contributed by atoms with van der Waals surface area (Å²) in [7, 11) is 2.15. The summed E-state index contributed by atoms with van der Waals surface area (Å²) in [5, 5.41) is 3.67. The lowest BCUT2D eigenvalue weighted by Gasteiger charge is -2.42. The van der Waals surface area contributed by atoms with Crippen LogP contribution in [-0.4, -0.2) is 18.1 Å². The van der Waals surface area contributed by atoms with Crippen LogP contribution in [0.15, 0.2) is 18.3 Å². The predicted molar refractivity (Wildman–Crippen MR) is 88.5 cm³/mol. The van der Waals surface area contributed by atoms with Gasteiger partial charge in [-0.05, 0) is 75.0 Å². The van der Waals surface area contributed by atoms with Crippen LogP contribution in [0.2, 0.25) is 0 Å². The second-order valence-electron chi connectivity index (χ2n) is 7.86. The molecule has 1 saturated carbocycles. The van der Waals surface area contributed by atoms with Gasteiger partial charge in [0.05, 0.1) is 0 Å². The summed E-state index contributed by atoms with van der Waals surface area (Å²) < 4.78 is 0. The summed E-state index contributed by atoms with van der Waals surface area (Å²) in [6, 6.07) is 4.99. The summed E-state index contributed by atoms with van der Waals surface area (Å²) in [6.07, 6.45) is 11.3. The van der Waals surface area contributed by atoms with Gasteiger partial charge in [0, 0.05) is 23.9 Å². The van der Waals surface area contributed by atoms with E-state index in [1.807, 2.05) is 6.20 Å². The van der Waals surface area contributed by atoms with E-state index in [0.29, 0.717) is 17.4 Å². The van der Waals surface area contributed by atoms with E-state index in [2.05, 4.69) is 38.3 Å². The zero-order chi connectivity index (χ0) is 14.9. The molecule has 116 valence electrons. The molecular weight excluding hydrogens is 256 g/mol. The van der Waals surface area contributed by atoms with E-state index >= 15 is 0 Å². The van der Waals surface area contributed by atoms with E-state index < -0.39 is 0 Å². The maximum Gasteiger partial charge on any atom is 0.0482 e. The van der Waals surface area contributed by atoms with Gasteiger partial charge in [0.25, 0.3) is 0 Å². The first-order valence-corrected chi connectivity index (χ1v) is 8.72. The molecule has 2 unspecified atom stereocenters. The molecule has 21 heavy (non-hydrogen) atoms. The molecule has 0 aromatic carbocycles. The summed E-state index contributed by atoms with van der Waals surface area (Å²) in [4.78, 5) is 4.75. The van der Waals surface area contributed by atoms with E-state index in [1.165, 1.54) is 56.2 Å². The highest BCUT2D eigenvalue weighted by atomic mass is 14.9. The highest BCUT2D eigenvalue weighted by molar-refractivity contribution is 5.27. The molecule has 1 aromatic heterocycles. The number of nitrogens with one attached hydrogen (secondary N) is 1. The maximum absolute atomic E-state index is 4.75. The molecular formula is C19H30N2. The average molecular weight is 286 g/mol. The van der Waals surface area contributed by atoms with Gasteiger partial charge in [-0.2, -0.15) is 0 Å². The Morgan fingerprint density at radius 3 is 2.71 bits per heavy atom. The fourth-order valence-corrected chi connectivity index (χ4v) is 4.54. The third-order valence-corrected chi connectivity index (χ3v) is 5.90. The number of aryl methyl sites for hydroxylation is 1. The number of rotatable bonds is 3. The van der Waals surface area contributed by atoms with Crippen molar-refractivity contribution < 1.29 is 0 Å². The van der Waals surface area contributed by atoms with Crippen LogP contribution in [0.5, 0.6) is 0 Å². The largest absolute Gasteiger partial charge is 0.316 e. The Hall–Kier alpha value is -0.890. The van der Waals surface area contributed by atoms with Gasteiger partial charge < -0.3 is 5.32 Å². The van der Waals surface area contributed by atoms with E-state index in [0.717, 1.165) is 5.92 Å². The smallest absolute Gasteiger partial charge is 0.0482 e. The van der Waals surface area contributed by atoms with Crippen molar-refractivity contribution in [2.24, 2.45) is 11.3 Å². The molecule has 0 saturated heterocycles. The standard InChI is InChI=1S/C19H30N2/c1-19(2)11-9-15(10-12-19)17(20-3)16-8-4-6-14-7-5-13-21-18(14)16/h5,7,13,15-17,20H,4,6,8-12H2,1-3H3. The molecule has 2 atom stereocenters. The third-order valence-electron chi connectivity index (χ3n) is 5.90. The summed E-state index contributed by atoms with van der Waals surface area (Å²) in [6.45, 7) is 4.85. The van der Waals surface area contributed by atoms with Crippen LogP contribution >= 0.6 is 0 Å². The normalized spacial score (nSPS) is 27.1. The van der Waals surface area contributed by atoms with Crippen molar-refractivity contribution in [2.45, 2.75) is 70.8 Å². The van der Waals surface area contributed by atoms with Gasteiger partial charge >= 0.3 is 0 Å². The van der Waals surface area contributed by atoms with Gasteiger partial charge in [0.2, 0.25) is 0 Å². The SMILES string of the molecule is CNC(C1CCC(C)(C)CC1)C1CCCc2cccnc21. The Bertz CT molecular complexity index is 470. The molecule has 1 fully saturated rings. The molecule has 0 spiro atoms. The molecule has 2 nitrogen and oxygen atoms in total. The van der Waals surface area contributed by atoms with E-state index in [9.17, 15) is 0 Å². The van der Waals surface area contributed by atoms with Crippen molar-refractivity contribution in [3.8, 4) is 0 Å². The van der Waals surface area contributed by atoms with Crippen molar-refractivity contribution in [1.29, 1.82) is 0 Å². The van der Waals surface area contributed by atoms with Gasteiger partial charge in [0.15, 0.2) is 0 Å². The Labute approximate surface area is 129 Å². The molecule has 0 amide bonds. The van der Waals surface area contributed by atoms with E-state index in [4.69, 9.17) is 4.98 Å². The van der Waals surface area contributed by atoms with E-state index in [1.54, 1.807) is 0 Å². The topological polar surface area (TPSA) is 24.9 Å². The fourth-order valence-electron chi connectivity index (χ4n) is 4.54. The van der Waals surface area contributed by atoms with Crippen molar-refractivity contribution >= 4 is 0 Å². The first kappa shape index (κ1) is 15.0. The Kier molecular flexibility index (Phi) is 4.35. The number of fused-ring (bicyclic) bond motifs is 1. The minimum Gasteiger partial charge on any atom is -0.316 e. The Morgan fingerprint density at radius 2 is 2.00 bits per heavy atom. The van der Waals surface area contributed by atoms with Crippen LogP contribution in [0.4, 0.5) is 0 Å². The second-order valence-corrected chi connectivity index (χ2v) is 7.86. The van der Waals surface area contributed by atoms with E-state index in [-0.39, 0.29) is 0 Å². The van der Waals surface area contributed by atoms with Gasteiger partial charge in [-0.3, -0.25) is 4.98 Å². The highest BCUT2D eigenvalue weighted by Crippen LogP contribution is 2.43. The number of aromatic nitrogens is 1. The number of likely N-dealkylation sites (N-methyl/N-ethyl adjacent to an activating group) is 1. The lowest BCUT2D eigenvalue weighted by molar-refractivity contribution is 0.149. The second kappa shape index (κ2) is 6.08. The van der Waals surface area contributed by atoms with Crippen molar-refractivity contribution in [1.82, 2.24) is 10.3 Å². The van der Waals surface area contributed by atoms with Crippen LogP contribution in [-0.2, 0) is 6.42 Å². The molecule has 2 aliphatic rings. The monoisotopic (exact) mass is 286 g/mol. The summed E-state index contributed by atoms with van der Waals surface area (Å²) in [5.74, 6) is 1.44. The minimum atomic E-state index is 0.553. The first-order chi connectivity index (χ1) is 10.1. The Morgan fingerprint density at radius 1 is 1.24 bits per heavy atom. The molecule has 3 rings (SSSR count). The van der Waals surface area contributed by atoms with Gasteiger partial charge in [0.1, 0.15) is 0 Å². The van der Waals surface area contributed by atoms with Crippen LogP contribution in [0.25, 0.3) is 0 Å². The van der Waals surface area contributed by atoms with Crippen LogP contribution in [0, 0.1) is 11.3 Å². The average Bonchev–Trinajstić information content (AvgIpc) is 2.50.